The molecule has 2 aromatic carbocycles. The Morgan fingerprint density at radius 2 is 1.74 bits per heavy atom. The van der Waals surface area contributed by atoms with Crippen LogP contribution in [-0.4, -0.2) is 58.6 Å². The van der Waals surface area contributed by atoms with E-state index < -0.39 is 10.0 Å². The number of rotatable bonds is 11. The van der Waals surface area contributed by atoms with E-state index in [9.17, 15) is 13.2 Å². The van der Waals surface area contributed by atoms with Gasteiger partial charge in [0.05, 0.1) is 17.2 Å². The number of anilines is 1. The Morgan fingerprint density at radius 1 is 1.09 bits per heavy atom. The van der Waals surface area contributed by atoms with Crippen LogP contribution < -0.4 is 14.4 Å². The molecular weight excluding hydrogens is 450 g/mol. The van der Waals surface area contributed by atoms with E-state index in [-0.39, 0.29) is 17.3 Å². The molecule has 0 bridgehead atoms. The molecule has 0 aliphatic carbocycles. The van der Waals surface area contributed by atoms with Crippen LogP contribution in [0.4, 0.5) is 5.69 Å². The molecule has 0 aromatic heterocycles. The molecule has 1 saturated heterocycles. The van der Waals surface area contributed by atoms with E-state index >= 15 is 0 Å². The standard InChI is InChI=1S/C26H37N3O4S/c1-4-33-24-10-8-23(9-11-24)29(34(31,32)25-12-6-21(2)7-13-25)20-26(30)27-16-5-17-28-18-14-22(3)15-19-28/h6-13,22H,4-5,14-20H2,1-3H3,(H,27,30). The average Bonchev–Trinajstić information content (AvgIpc) is 2.82. The van der Waals surface area contributed by atoms with E-state index in [1.54, 1.807) is 48.5 Å². The third kappa shape index (κ3) is 7.21. The number of amides is 1. The number of hydrogen-bond donors (Lipinski definition) is 1. The molecule has 1 heterocycles. The highest BCUT2D eigenvalue weighted by molar-refractivity contribution is 7.92. The van der Waals surface area contributed by atoms with Crippen molar-refractivity contribution in [2.45, 2.75) is 44.9 Å². The average molecular weight is 488 g/mol. The van der Waals surface area contributed by atoms with E-state index in [0.29, 0.717) is 24.6 Å². The molecule has 1 aliphatic heterocycles. The van der Waals surface area contributed by atoms with Crippen LogP contribution in [0.1, 0.15) is 38.7 Å². The first-order valence-electron chi connectivity index (χ1n) is 12.1. The molecular formula is C26H37N3O4S. The van der Waals surface area contributed by atoms with Crippen molar-refractivity contribution in [2.24, 2.45) is 5.92 Å². The predicted octanol–water partition coefficient (Wildman–Crippen LogP) is 3.83. The zero-order chi connectivity index (χ0) is 24.6. The van der Waals surface area contributed by atoms with Gasteiger partial charge in [0, 0.05) is 6.54 Å². The van der Waals surface area contributed by atoms with Crippen LogP contribution in [0.25, 0.3) is 0 Å². The molecule has 1 amide bonds. The second kappa shape index (κ2) is 12.2. The summed E-state index contributed by atoms with van der Waals surface area (Å²) in [6, 6.07) is 13.4. The van der Waals surface area contributed by atoms with E-state index in [1.165, 1.54) is 12.8 Å². The lowest BCUT2D eigenvalue weighted by molar-refractivity contribution is -0.119. The van der Waals surface area contributed by atoms with E-state index in [1.807, 2.05) is 13.8 Å². The SMILES string of the molecule is CCOc1ccc(N(CC(=O)NCCCN2CCC(C)CC2)S(=O)(=O)c2ccc(C)cc2)cc1. The number of aryl methyl sites for hydroxylation is 1. The quantitative estimate of drug-likeness (QED) is 0.488. The van der Waals surface area contributed by atoms with Crippen LogP contribution in [0.2, 0.25) is 0 Å². The number of nitrogens with one attached hydrogen (secondary N) is 1. The fourth-order valence-electron chi connectivity index (χ4n) is 4.03. The van der Waals surface area contributed by atoms with Crippen molar-refractivity contribution in [2.75, 3.05) is 43.6 Å². The van der Waals surface area contributed by atoms with Crippen molar-refractivity contribution in [3.63, 3.8) is 0 Å². The van der Waals surface area contributed by atoms with Crippen molar-refractivity contribution >= 4 is 21.6 Å². The second-order valence-electron chi connectivity index (χ2n) is 8.98. The van der Waals surface area contributed by atoms with Crippen molar-refractivity contribution in [3.05, 3.63) is 54.1 Å². The summed E-state index contributed by atoms with van der Waals surface area (Å²) in [5.74, 6) is 1.12. The van der Waals surface area contributed by atoms with Crippen molar-refractivity contribution in [1.82, 2.24) is 10.2 Å². The first-order valence-corrected chi connectivity index (χ1v) is 13.5. The number of piperidine rings is 1. The normalized spacial score (nSPS) is 15.1. The molecule has 0 unspecified atom stereocenters. The zero-order valence-electron chi connectivity index (χ0n) is 20.5. The van der Waals surface area contributed by atoms with Gasteiger partial charge in [-0.3, -0.25) is 9.10 Å². The number of sulfonamides is 1. The van der Waals surface area contributed by atoms with Crippen molar-refractivity contribution in [3.8, 4) is 5.75 Å². The van der Waals surface area contributed by atoms with Gasteiger partial charge in [-0.05, 0) is 95.1 Å². The van der Waals surface area contributed by atoms with Gasteiger partial charge in [-0.1, -0.05) is 24.6 Å². The molecule has 1 fully saturated rings. The lowest BCUT2D eigenvalue weighted by Crippen LogP contribution is -2.42. The fourth-order valence-corrected chi connectivity index (χ4v) is 5.45. The van der Waals surface area contributed by atoms with Gasteiger partial charge >= 0.3 is 0 Å². The summed E-state index contributed by atoms with van der Waals surface area (Å²) in [6.45, 7) is 9.98. The molecule has 7 nitrogen and oxygen atoms in total. The highest BCUT2D eigenvalue weighted by Gasteiger charge is 2.27. The van der Waals surface area contributed by atoms with E-state index in [4.69, 9.17) is 4.74 Å². The number of hydrogen-bond acceptors (Lipinski definition) is 5. The largest absolute Gasteiger partial charge is 0.494 e. The summed E-state index contributed by atoms with van der Waals surface area (Å²) in [4.78, 5) is 15.3. The Morgan fingerprint density at radius 3 is 2.35 bits per heavy atom. The minimum Gasteiger partial charge on any atom is -0.494 e. The molecule has 0 spiro atoms. The van der Waals surface area contributed by atoms with Crippen LogP contribution >= 0.6 is 0 Å². The molecule has 3 rings (SSSR count). The number of carbonyl (C=O) groups is 1. The second-order valence-corrected chi connectivity index (χ2v) is 10.8. The molecule has 34 heavy (non-hydrogen) atoms. The van der Waals surface area contributed by atoms with Gasteiger partial charge in [0.25, 0.3) is 10.0 Å². The smallest absolute Gasteiger partial charge is 0.264 e. The van der Waals surface area contributed by atoms with Crippen LogP contribution in [0, 0.1) is 12.8 Å². The lowest BCUT2D eigenvalue weighted by Gasteiger charge is -2.30. The van der Waals surface area contributed by atoms with Crippen LogP contribution in [-0.2, 0) is 14.8 Å². The van der Waals surface area contributed by atoms with Crippen molar-refractivity contribution in [1.29, 1.82) is 0 Å². The van der Waals surface area contributed by atoms with Crippen LogP contribution in [0.3, 0.4) is 0 Å². The molecule has 8 heteroatoms. The first-order chi connectivity index (χ1) is 16.3. The maximum Gasteiger partial charge on any atom is 0.264 e. The minimum absolute atomic E-state index is 0.152. The van der Waals surface area contributed by atoms with Gasteiger partial charge in [-0.15, -0.1) is 0 Å². The monoisotopic (exact) mass is 487 g/mol. The summed E-state index contributed by atoms with van der Waals surface area (Å²) < 4.78 is 33.6. The minimum atomic E-state index is -3.92. The Labute approximate surface area is 204 Å². The maximum atomic E-state index is 13.5. The Kier molecular flexibility index (Phi) is 9.36. The molecule has 186 valence electrons. The number of nitrogens with zero attached hydrogens (tertiary/aromatic N) is 2. The summed E-state index contributed by atoms with van der Waals surface area (Å²) in [5.41, 5.74) is 1.38. The lowest BCUT2D eigenvalue weighted by atomic mass is 9.99. The summed E-state index contributed by atoms with van der Waals surface area (Å²) in [7, 11) is -3.92. The molecule has 0 saturated carbocycles. The molecule has 1 N–H and O–H groups in total. The third-order valence-electron chi connectivity index (χ3n) is 6.18. The maximum absolute atomic E-state index is 13.5. The molecule has 2 aromatic rings. The zero-order valence-corrected chi connectivity index (χ0v) is 21.3. The Hall–Kier alpha value is -2.58. The topological polar surface area (TPSA) is 79.0 Å². The number of carbonyl (C=O) groups excluding carboxylic acids is 1. The van der Waals surface area contributed by atoms with Gasteiger partial charge in [0.1, 0.15) is 12.3 Å². The number of benzene rings is 2. The van der Waals surface area contributed by atoms with Gasteiger partial charge in [0.2, 0.25) is 5.91 Å². The van der Waals surface area contributed by atoms with E-state index in [2.05, 4.69) is 17.1 Å². The fraction of sp³-hybridized carbons (Fsp3) is 0.500. The van der Waals surface area contributed by atoms with Gasteiger partial charge in [0.15, 0.2) is 0 Å². The first kappa shape index (κ1) is 26.0. The van der Waals surface area contributed by atoms with Gasteiger partial charge < -0.3 is 15.0 Å². The highest BCUT2D eigenvalue weighted by atomic mass is 32.2. The Bertz CT molecular complexity index is 1020. The third-order valence-corrected chi connectivity index (χ3v) is 7.97. The Balaban J connectivity index is 1.66. The van der Waals surface area contributed by atoms with Crippen LogP contribution in [0.15, 0.2) is 53.4 Å². The molecule has 0 atom stereocenters. The summed E-state index contributed by atoms with van der Waals surface area (Å²) >= 11 is 0. The summed E-state index contributed by atoms with van der Waals surface area (Å²) in [5, 5.41) is 2.90. The molecule has 1 aliphatic rings. The highest BCUT2D eigenvalue weighted by Crippen LogP contribution is 2.26. The van der Waals surface area contributed by atoms with Gasteiger partial charge in [-0.25, -0.2) is 8.42 Å². The van der Waals surface area contributed by atoms with Crippen LogP contribution in [0.5, 0.6) is 5.75 Å². The van der Waals surface area contributed by atoms with Crippen molar-refractivity contribution < 1.29 is 17.9 Å². The summed E-state index contributed by atoms with van der Waals surface area (Å²) in [6.07, 6.45) is 3.29. The number of likely N-dealkylation sites (tertiary alicyclic amines) is 1. The van der Waals surface area contributed by atoms with E-state index in [0.717, 1.165) is 41.8 Å². The number of ether oxygens (including phenoxy) is 1. The predicted molar refractivity (Wildman–Crippen MR) is 136 cm³/mol. The van der Waals surface area contributed by atoms with Gasteiger partial charge in [-0.2, -0.15) is 0 Å². The molecule has 0 radical (unpaired) electrons.